The summed E-state index contributed by atoms with van der Waals surface area (Å²) in [6, 6.07) is 1.91. The molecule has 1 aliphatic carbocycles. The van der Waals surface area contributed by atoms with Crippen molar-refractivity contribution in [3.8, 4) is 0 Å². The summed E-state index contributed by atoms with van der Waals surface area (Å²) in [6.07, 6.45) is 6.52. The van der Waals surface area contributed by atoms with Gasteiger partial charge >= 0.3 is 5.97 Å². The summed E-state index contributed by atoms with van der Waals surface area (Å²) >= 11 is 1.31. The number of rotatable bonds is 6. The summed E-state index contributed by atoms with van der Waals surface area (Å²) in [7, 11) is 0. The van der Waals surface area contributed by atoms with Gasteiger partial charge in [-0.1, -0.05) is 19.8 Å². The first kappa shape index (κ1) is 13.6. The number of carboxylic acid groups (broad SMARTS) is 1. The predicted molar refractivity (Wildman–Crippen MR) is 74.2 cm³/mol. The largest absolute Gasteiger partial charge is 0.477 e. The van der Waals surface area contributed by atoms with Crippen molar-refractivity contribution in [3.05, 3.63) is 21.9 Å². The summed E-state index contributed by atoms with van der Waals surface area (Å²) in [6.45, 7) is 3.95. The highest BCUT2D eigenvalue weighted by Gasteiger charge is 2.31. The Bertz CT molecular complexity index is 408. The van der Waals surface area contributed by atoms with Gasteiger partial charge in [-0.2, -0.15) is 0 Å². The Morgan fingerprint density at radius 1 is 1.50 bits per heavy atom. The Morgan fingerprint density at radius 3 is 2.83 bits per heavy atom. The Hall–Kier alpha value is -0.870. The molecule has 0 aromatic carbocycles. The SMILES string of the molecule is CCC1(CNCc2ccsc2C(=O)O)CCCC1. The van der Waals surface area contributed by atoms with Gasteiger partial charge in [0.2, 0.25) is 0 Å². The molecule has 1 aromatic heterocycles. The third-order valence-electron chi connectivity index (χ3n) is 4.17. The monoisotopic (exact) mass is 267 g/mol. The van der Waals surface area contributed by atoms with Crippen molar-refractivity contribution in [2.24, 2.45) is 5.41 Å². The van der Waals surface area contributed by atoms with E-state index in [4.69, 9.17) is 5.11 Å². The number of aromatic carboxylic acids is 1. The van der Waals surface area contributed by atoms with E-state index in [0.29, 0.717) is 16.8 Å². The van der Waals surface area contributed by atoms with Crippen molar-refractivity contribution < 1.29 is 9.90 Å². The first-order chi connectivity index (χ1) is 8.67. The topological polar surface area (TPSA) is 49.3 Å². The highest BCUT2D eigenvalue weighted by atomic mass is 32.1. The first-order valence-electron chi connectivity index (χ1n) is 6.67. The van der Waals surface area contributed by atoms with Crippen molar-refractivity contribution in [1.29, 1.82) is 0 Å². The molecule has 18 heavy (non-hydrogen) atoms. The van der Waals surface area contributed by atoms with Crippen molar-refractivity contribution in [1.82, 2.24) is 5.32 Å². The van der Waals surface area contributed by atoms with Gasteiger partial charge in [0.05, 0.1) is 0 Å². The second kappa shape index (κ2) is 5.85. The number of hydrogen-bond acceptors (Lipinski definition) is 3. The normalized spacial score (nSPS) is 18.1. The zero-order chi connectivity index (χ0) is 13.0. The Balaban J connectivity index is 1.88. The minimum absolute atomic E-state index is 0.458. The summed E-state index contributed by atoms with van der Waals surface area (Å²) < 4.78 is 0. The highest BCUT2D eigenvalue weighted by Crippen LogP contribution is 2.40. The van der Waals surface area contributed by atoms with Crippen LogP contribution >= 0.6 is 11.3 Å². The van der Waals surface area contributed by atoms with Gasteiger partial charge in [0.1, 0.15) is 4.88 Å². The third-order valence-corrected chi connectivity index (χ3v) is 5.12. The average molecular weight is 267 g/mol. The van der Waals surface area contributed by atoms with Gasteiger partial charge in [-0.05, 0) is 41.7 Å². The number of thiophene rings is 1. The van der Waals surface area contributed by atoms with Crippen LogP contribution in [0.4, 0.5) is 0 Å². The van der Waals surface area contributed by atoms with E-state index in [2.05, 4.69) is 12.2 Å². The van der Waals surface area contributed by atoms with E-state index in [9.17, 15) is 4.79 Å². The lowest BCUT2D eigenvalue weighted by Crippen LogP contribution is -2.31. The van der Waals surface area contributed by atoms with Crippen LogP contribution in [0.1, 0.15) is 54.3 Å². The van der Waals surface area contributed by atoms with Crippen LogP contribution in [0.3, 0.4) is 0 Å². The van der Waals surface area contributed by atoms with Crippen LogP contribution in [0.5, 0.6) is 0 Å². The maximum atomic E-state index is 11.0. The summed E-state index contributed by atoms with van der Waals surface area (Å²) in [4.78, 5) is 11.5. The molecule has 2 N–H and O–H groups in total. The minimum Gasteiger partial charge on any atom is -0.477 e. The Labute approximate surface area is 112 Å². The second-order valence-corrected chi connectivity index (χ2v) is 6.16. The average Bonchev–Trinajstić information content (AvgIpc) is 2.98. The minimum atomic E-state index is -0.812. The van der Waals surface area contributed by atoms with E-state index >= 15 is 0 Å². The number of carboxylic acids is 1. The van der Waals surface area contributed by atoms with Gasteiger partial charge in [0.15, 0.2) is 0 Å². The summed E-state index contributed by atoms with van der Waals surface area (Å²) in [5, 5.41) is 14.4. The van der Waals surface area contributed by atoms with Crippen molar-refractivity contribution in [2.75, 3.05) is 6.54 Å². The zero-order valence-corrected chi connectivity index (χ0v) is 11.7. The van der Waals surface area contributed by atoms with E-state index < -0.39 is 5.97 Å². The third kappa shape index (κ3) is 2.93. The van der Waals surface area contributed by atoms with E-state index in [1.807, 2.05) is 11.4 Å². The molecule has 0 unspecified atom stereocenters. The molecular formula is C14H21NO2S. The molecule has 4 heteroatoms. The lowest BCUT2D eigenvalue weighted by Gasteiger charge is -2.27. The van der Waals surface area contributed by atoms with Crippen LogP contribution in [0.15, 0.2) is 11.4 Å². The zero-order valence-electron chi connectivity index (χ0n) is 10.9. The van der Waals surface area contributed by atoms with Crippen LogP contribution in [0.2, 0.25) is 0 Å². The van der Waals surface area contributed by atoms with Gasteiger partial charge in [-0.15, -0.1) is 11.3 Å². The Kier molecular flexibility index (Phi) is 4.40. The molecule has 1 aromatic rings. The van der Waals surface area contributed by atoms with Crippen molar-refractivity contribution >= 4 is 17.3 Å². The molecule has 0 spiro atoms. The lowest BCUT2D eigenvalue weighted by molar-refractivity contribution is 0.0701. The molecular weight excluding hydrogens is 246 g/mol. The van der Waals surface area contributed by atoms with E-state index in [-0.39, 0.29) is 0 Å². The molecule has 1 saturated carbocycles. The Morgan fingerprint density at radius 2 is 2.22 bits per heavy atom. The predicted octanol–water partition coefficient (Wildman–Crippen LogP) is 3.51. The van der Waals surface area contributed by atoms with Crippen LogP contribution in [-0.2, 0) is 6.54 Å². The maximum Gasteiger partial charge on any atom is 0.346 e. The molecule has 0 atom stereocenters. The fraction of sp³-hybridized carbons (Fsp3) is 0.643. The van der Waals surface area contributed by atoms with E-state index in [1.54, 1.807) is 0 Å². The standard InChI is InChI=1S/C14H21NO2S/c1-2-14(6-3-4-7-14)10-15-9-11-5-8-18-12(11)13(16)17/h5,8,15H,2-4,6-7,9-10H2,1H3,(H,16,17). The van der Waals surface area contributed by atoms with Crippen LogP contribution < -0.4 is 5.32 Å². The van der Waals surface area contributed by atoms with Crippen LogP contribution in [0.25, 0.3) is 0 Å². The number of carbonyl (C=O) groups is 1. The highest BCUT2D eigenvalue weighted by molar-refractivity contribution is 7.12. The van der Waals surface area contributed by atoms with E-state index in [1.165, 1.54) is 43.4 Å². The van der Waals surface area contributed by atoms with Gasteiger partial charge in [-0.25, -0.2) is 4.79 Å². The fourth-order valence-electron chi connectivity index (χ4n) is 2.91. The molecule has 0 bridgehead atoms. The summed E-state index contributed by atoms with van der Waals surface area (Å²) in [5.41, 5.74) is 1.37. The molecule has 2 rings (SSSR count). The second-order valence-electron chi connectivity index (χ2n) is 5.24. The van der Waals surface area contributed by atoms with Crippen molar-refractivity contribution in [3.63, 3.8) is 0 Å². The van der Waals surface area contributed by atoms with E-state index in [0.717, 1.165) is 12.1 Å². The number of hydrogen-bond donors (Lipinski definition) is 2. The van der Waals surface area contributed by atoms with Crippen LogP contribution in [-0.4, -0.2) is 17.6 Å². The van der Waals surface area contributed by atoms with Crippen LogP contribution in [0, 0.1) is 5.41 Å². The molecule has 3 nitrogen and oxygen atoms in total. The molecule has 1 heterocycles. The molecule has 0 saturated heterocycles. The first-order valence-corrected chi connectivity index (χ1v) is 7.55. The molecule has 0 radical (unpaired) electrons. The van der Waals surface area contributed by atoms with Crippen molar-refractivity contribution in [2.45, 2.75) is 45.6 Å². The van der Waals surface area contributed by atoms with Gasteiger partial charge < -0.3 is 10.4 Å². The van der Waals surface area contributed by atoms with Gasteiger partial charge in [0.25, 0.3) is 0 Å². The summed E-state index contributed by atoms with van der Waals surface area (Å²) in [5.74, 6) is -0.812. The number of nitrogens with one attached hydrogen (secondary N) is 1. The quantitative estimate of drug-likeness (QED) is 0.829. The lowest BCUT2D eigenvalue weighted by atomic mass is 9.83. The smallest absolute Gasteiger partial charge is 0.346 e. The van der Waals surface area contributed by atoms with Gasteiger partial charge in [-0.3, -0.25) is 0 Å². The van der Waals surface area contributed by atoms with Gasteiger partial charge in [0, 0.05) is 13.1 Å². The molecule has 100 valence electrons. The molecule has 0 amide bonds. The maximum absolute atomic E-state index is 11.0. The fourth-order valence-corrected chi connectivity index (χ4v) is 3.67. The molecule has 1 fully saturated rings. The molecule has 0 aliphatic heterocycles. The molecule has 1 aliphatic rings.